The first-order valence-electron chi connectivity index (χ1n) is 10.8. The molecule has 182 valence electrons. The number of rotatable bonds is 5. The number of fused-ring (bicyclic) bond motifs is 1. The normalized spacial score (nSPS) is 19.5. The van der Waals surface area contributed by atoms with Crippen LogP contribution in [0, 0.1) is 5.41 Å². The SMILES string of the molecule is CC(C)(C)C(c1cccn2ccnc12)N(C(=O)O)[C@H]1C[C@H](Oc2ccc(Cl)c(C(F)(F)F)c2)C1. The van der Waals surface area contributed by atoms with Crippen molar-refractivity contribution in [2.75, 3.05) is 0 Å². The molecule has 0 spiro atoms. The maximum absolute atomic E-state index is 13.1. The molecule has 1 unspecified atom stereocenters. The third kappa shape index (κ3) is 4.66. The van der Waals surface area contributed by atoms with Crippen molar-refractivity contribution in [1.82, 2.24) is 14.3 Å². The van der Waals surface area contributed by atoms with Gasteiger partial charge in [-0.2, -0.15) is 13.2 Å². The summed E-state index contributed by atoms with van der Waals surface area (Å²) >= 11 is 5.68. The first-order chi connectivity index (χ1) is 15.9. The lowest BCUT2D eigenvalue weighted by atomic mass is 9.78. The minimum Gasteiger partial charge on any atom is -0.490 e. The van der Waals surface area contributed by atoms with Gasteiger partial charge in [0.15, 0.2) is 0 Å². The predicted octanol–water partition coefficient (Wildman–Crippen LogP) is 6.68. The standard InChI is InChI=1S/C24H25ClF3N3O3/c1-23(2,3)20(17-5-4-9-30-10-8-29-21(17)30)31(22(32)33)14-11-16(12-14)34-15-6-7-19(25)18(13-15)24(26,27)28/h4-10,13-14,16,20H,11-12H2,1-3H3,(H,32,33)/t14-,16-,20?. The van der Waals surface area contributed by atoms with E-state index >= 15 is 0 Å². The lowest BCUT2D eigenvalue weighted by Crippen LogP contribution is -2.54. The smallest absolute Gasteiger partial charge is 0.417 e. The second kappa shape index (κ2) is 8.69. The average Bonchev–Trinajstić information content (AvgIpc) is 3.17. The van der Waals surface area contributed by atoms with E-state index in [4.69, 9.17) is 16.3 Å². The molecular formula is C24H25ClF3N3O3. The highest BCUT2D eigenvalue weighted by molar-refractivity contribution is 6.31. The summed E-state index contributed by atoms with van der Waals surface area (Å²) in [4.78, 5) is 18.3. The Balaban J connectivity index is 1.56. The van der Waals surface area contributed by atoms with Crippen LogP contribution in [0.25, 0.3) is 5.65 Å². The molecule has 10 heteroatoms. The molecule has 1 saturated carbocycles. The zero-order valence-corrected chi connectivity index (χ0v) is 19.6. The van der Waals surface area contributed by atoms with Crippen molar-refractivity contribution in [3.63, 3.8) is 0 Å². The van der Waals surface area contributed by atoms with E-state index in [-0.39, 0.29) is 11.8 Å². The summed E-state index contributed by atoms with van der Waals surface area (Å²) in [5, 5.41) is 9.78. The van der Waals surface area contributed by atoms with Crippen LogP contribution in [-0.2, 0) is 6.18 Å². The summed E-state index contributed by atoms with van der Waals surface area (Å²) in [6, 6.07) is 6.31. The van der Waals surface area contributed by atoms with Gasteiger partial charge >= 0.3 is 12.3 Å². The Kier molecular flexibility index (Phi) is 6.18. The topological polar surface area (TPSA) is 67.1 Å². The van der Waals surface area contributed by atoms with Crippen molar-refractivity contribution < 1.29 is 27.8 Å². The quantitative estimate of drug-likeness (QED) is 0.428. The maximum atomic E-state index is 13.1. The fourth-order valence-electron chi connectivity index (χ4n) is 4.54. The Hall–Kier alpha value is -2.94. The molecule has 3 aromatic rings. The number of benzene rings is 1. The Labute approximate surface area is 199 Å². The first kappa shape index (κ1) is 24.2. The van der Waals surface area contributed by atoms with Gasteiger partial charge in [0.2, 0.25) is 0 Å². The van der Waals surface area contributed by atoms with E-state index in [1.165, 1.54) is 11.0 Å². The van der Waals surface area contributed by atoms with Gasteiger partial charge in [0.1, 0.15) is 17.5 Å². The molecule has 1 fully saturated rings. The second-order valence-corrected chi connectivity index (χ2v) is 9.99. The van der Waals surface area contributed by atoms with Gasteiger partial charge in [0.05, 0.1) is 16.6 Å². The minimum atomic E-state index is -4.59. The van der Waals surface area contributed by atoms with Gasteiger partial charge in [-0.1, -0.05) is 38.4 Å². The largest absolute Gasteiger partial charge is 0.490 e. The molecule has 2 aromatic heterocycles. The summed E-state index contributed by atoms with van der Waals surface area (Å²) in [7, 11) is 0. The van der Waals surface area contributed by atoms with Gasteiger partial charge in [-0.25, -0.2) is 9.78 Å². The number of ether oxygens (including phenoxy) is 1. The molecule has 1 aliphatic rings. The average molecular weight is 496 g/mol. The number of aromatic nitrogens is 2. The number of hydrogen-bond donors (Lipinski definition) is 1. The van der Waals surface area contributed by atoms with Crippen LogP contribution in [0.15, 0.2) is 48.9 Å². The van der Waals surface area contributed by atoms with Crippen molar-refractivity contribution in [2.24, 2.45) is 5.41 Å². The van der Waals surface area contributed by atoms with E-state index in [9.17, 15) is 23.1 Å². The molecule has 0 saturated heterocycles. The number of imidazole rings is 1. The van der Waals surface area contributed by atoms with Gasteiger partial charge in [-0.05, 0) is 29.7 Å². The highest BCUT2D eigenvalue weighted by atomic mass is 35.5. The number of halogens is 4. The van der Waals surface area contributed by atoms with Crippen molar-refractivity contribution in [1.29, 1.82) is 0 Å². The van der Waals surface area contributed by atoms with E-state index in [2.05, 4.69) is 4.98 Å². The zero-order chi connectivity index (χ0) is 24.8. The van der Waals surface area contributed by atoms with E-state index < -0.39 is 40.4 Å². The van der Waals surface area contributed by atoms with E-state index in [1.54, 1.807) is 12.4 Å². The van der Waals surface area contributed by atoms with Gasteiger partial charge in [-0.3, -0.25) is 4.90 Å². The second-order valence-electron chi connectivity index (χ2n) is 9.58. The Morgan fingerprint density at radius 1 is 1.24 bits per heavy atom. The third-order valence-corrected chi connectivity index (χ3v) is 6.40. The first-order valence-corrected chi connectivity index (χ1v) is 11.2. The number of nitrogens with zero attached hydrogens (tertiary/aromatic N) is 3. The number of hydrogen-bond acceptors (Lipinski definition) is 3. The fourth-order valence-corrected chi connectivity index (χ4v) is 4.77. The Morgan fingerprint density at radius 3 is 2.56 bits per heavy atom. The Bertz CT molecular complexity index is 1200. The molecule has 0 bridgehead atoms. The van der Waals surface area contributed by atoms with Crippen LogP contribution >= 0.6 is 11.6 Å². The monoisotopic (exact) mass is 495 g/mol. The van der Waals surface area contributed by atoms with Crippen molar-refractivity contribution >= 4 is 23.3 Å². The van der Waals surface area contributed by atoms with E-state index in [0.29, 0.717) is 18.5 Å². The van der Waals surface area contributed by atoms with Crippen LogP contribution in [0.1, 0.15) is 50.8 Å². The zero-order valence-electron chi connectivity index (χ0n) is 18.9. The van der Waals surface area contributed by atoms with Gasteiger partial charge < -0.3 is 14.2 Å². The van der Waals surface area contributed by atoms with Crippen LogP contribution in [0.2, 0.25) is 5.02 Å². The number of alkyl halides is 3. The molecule has 34 heavy (non-hydrogen) atoms. The highest BCUT2D eigenvalue weighted by Gasteiger charge is 2.45. The number of carbonyl (C=O) groups is 1. The summed E-state index contributed by atoms with van der Waals surface area (Å²) in [5.74, 6) is 0.0524. The van der Waals surface area contributed by atoms with Gasteiger partial charge in [0.25, 0.3) is 0 Å². The van der Waals surface area contributed by atoms with E-state index in [1.807, 2.05) is 43.5 Å². The Morgan fingerprint density at radius 2 is 1.94 bits per heavy atom. The fraction of sp³-hybridized carbons (Fsp3) is 0.417. The summed E-state index contributed by atoms with van der Waals surface area (Å²) in [5.41, 5.74) is 0.0619. The number of amides is 1. The molecule has 4 rings (SSSR count). The van der Waals surface area contributed by atoms with Gasteiger partial charge in [0, 0.05) is 43.0 Å². The number of pyridine rings is 1. The molecule has 1 amide bonds. The number of carboxylic acid groups (broad SMARTS) is 1. The molecule has 1 N–H and O–H groups in total. The lowest BCUT2D eigenvalue weighted by Gasteiger charge is -2.48. The van der Waals surface area contributed by atoms with E-state index in [0.717, 1.165) is 17.7 Å². The predicted molar refractivity (Wildman–Crippen MR) is 121 cm³/mol. The summed E-state index contributed by atoms with van der Waals surface area (Å²) in [6.45, 7) is 5.91. The molecular weight excluding hydrogens is 471 g/mol. The molecule has 6 nitrogen and oxygen atoms in total. The van der Waals surface area contributed by atoms with Crippen molar-refractivity contribution in [2.45, 2.75) is 58.0 Å². The molecule has 0 aliphatic heterocycles. The maximum Gasteiger partial charge on any atom is 0.417 e. The van der Waals surface area contributed by atoms with Crippen LogP contribution < -0.4 is 4.74 Å². The van der Waals surface area contributed by atoms with Crippen LogP contribution in [-0.4, -0.2) is 37.6 Å². The third-order valence-electron chi connectivity index (χ3n) is 6.07. The van der Waals surface area contributed by atoms with Crippen LogP contribution in [0.3, 0.4) is 0 Å². The molecule has 1 aliphatic carbocycles. The molecule has 0 radical (unpaired) electrons. The van der Waals surface area contributed by atoms with Gasteiger partial charge in [-0.15, -0.1) is 0 Å². The van der Waals surface area contributed by atoms with Crippen LogP contribution in [0.5, 0.6) is 5.75 Å². The molecule has 1 aromatic carbocycles. The highest BCUT2D eigenvalue weighted by Crippen LogP contribution is 2.45. The van der Waals surface area contributed by atoms with Crippen molar-refractivity contribution in [3.05, 3.63) is 65.1 Å². The summed E-state index contributed by atoms with van der Waals surface area (Å²) in [6.07, 6.45) is -0.0192. The lowest BCUT2D eigenvalue weighted by molar-refractivity contribution is -0.137. The molecule has 2 heterocycles. The van der Waals surface area contributed by atoms with Crippen LogP contribution in [0.4, 0.5) is 18.0 Å². The van der Waals surface area contributed by atoms with Crippen molar-refractivity contribution in [3.8, 4) is 5.75 Å². The molecule has 1 atom stereocenters. The minimum absolute atomic E-state index is 0.0524. The summed E-state index contributed by atoms with van der Waals surface area (Å²) < 4.78 is 47.0.